The highest BCUT2D eigenvalue weighted by Gasteiger charge is 2.19. The van der Waals surface area contributed by atoms with Gasteiger partial charge in [-0.05, 0) is 31.0 Å². The van der Waals surface area contributed by atoms with Crippen LogP contribution < -0.4 is 11.5 Å². The summed E-state index contributed by atoms with van der Waals surface area (Å²) in [7, 11) is 0. The first kappa shape index (κ1) is 12.0. The molecule has 1 aliphatic carbocycles. The van der Waals surface area contributed by atoms with Gasteiger partial charge in [0.25, 0.3) is 0 Å². The van der Waals surface area contributed by atoms with Gasteiger partial charge in [0.1, 0.15) is 6.33 Å². The molecule has 19 heavy (non-hydrogen) atoms. The number of benzene rings is 1. The summed E-state index contributed by atoms with van der Waals surface area (Å²) < 4.78 is 2.17. The van der Waals surface area contributed by atoms with Gasteiger partial charge in [-0.15, -0.1) is 10.2 Å². The molecular weight excluding hydrogens is 238 g/mol. The van der Waals surface area contributed by atoms with Crippen LogP contribution in [-0.4, -0.2) is 14.8 Å². The van der Waals surface area contributed by atoms with E-state index in [1.54, 1.807) is 6.07 Å². The molecule has 0 unspecified atom stereocenters. The third-order valence-corrected chi connectivity index (χ3v) is 3.78. The molecule has 0 atom stereocenters. The molecule has 0 aliphatic heterocycles. The smallest absolute Gasteiger partial charge is 0.164 e. The number of nitrogens with two attached hydrogens (primary N) is 2. The predicted octanol–water partition coefficient (Wildman–Crippen LogP) is 2.61. The van der Waals surface area contributed by atoms with E-state index in [0.717, 1.165) is 11.4 Å². The summed E-state index contributed by atoms with van der Waals surface area (Å²) in [6.07, 6.45) is 8.11. The summed E-state index contributed by atoms with van der Waals surface area (Å²) in [6.45, 7) is 0. The molecule has 0 saturated heterocycles. The van der Waals surface area contributed by atoms with Crippen molar-refractivity contribution in [2.24, 2.45) is 0 Å². The number of nitrogens with zero attached hydrogens (tertiary/aromatic N) is 3. The van der Waals surface area contributed by atoms with Crippen LogP contribution in [0.4, 0.5) is 11.4 Å². The monoisotopic (exact) mass is 257 g/mol. The van der Waals surface area contributed by atoms with Gasteiger partial charge in [-0.2, -0.15) is 0 Å². The first-order valence-electron chi connectivity index (χ1n) is 6.80. The standard InChI is InChI=1S/C14H19N5/c15-11-6-10(7-12(16)8-11)14-18-17-9-19(14)13-4-2-1-3-5-13/h6-9,13H,1-5,15-16H2. The number of nitrogen functional groups attached to an aromatic ring is 2. The molecule has 1 heterocycles. The Morgan fingerprint density at radius 1 is 1.00 bits per heavy atom. The third kappa shape index (κ3) is 2.41. The van der Waals surface area contributed by atoms with Crippen molar-refractivity contribution in [2.45, 2.75) is 38.1 Å². The number of hydrogen-bond acceptors (Lipinski definition) is 4. The van der Waals surface area contributed by atoms with Gasteiger partial charge in [0.05, 0.1) is 0 Å². The van der Waals surface area contributed by atoms with Crippen molar-refractivity contribution < 1.29 is 0 Å². The molecule has 1 aromatic carbocycles. The van der Waals surface area contributed by atoms with Crippen LogP contribution in [0.1, 0.15) is 38.1 Å². The van der Waals surface area contributed by atoms with Crippen LogP contribution in [0.3, 0.4) is 0 Å². The Labute approximate surface area is 112 Å². The second-order valence-electron chi connectivity index (χ2n) is 5.24. The second-order valence-corrected chi connectivity index (χ2v) is 5.24. The van der Waals surface area contributed by atoms with Crippen molar-refractivity contribution >= 4 is 11.4 Å². The Hall–Kier alpha value is -2.04. The molecule has 4 N–H and O–H groups in total. The first-order chi connectivity index (χ1) is 9.24. The topological polar surface area (TPSA) is 82.8 Å². The van der Waals surface area contributed by atoms with E-state index in [4.69, 9.17) is 11.5 Å². The fourth-order valence-electron chi connectivity index (χ4n) is 2.88. The molecule has 0 bridgehead atoms. The van der Waals surface area contributed by atoms with Crippen LogP contribution >= 0.6 is 0 Å². The molecule has 1 saturated carbocycles. The molecule has 1 aromatic heterocycles. The molecule has 0 amide bonds. The van der Waals surface area contributed by atoms with Gasteiger partial charge in [0.15, 0.2) is 5.82 Å². The molecule has 5 nitrogen and oxygen atoms in total. The van der Waals surface area contributed by atoms with Gasteiger partial charge in [-0.3, -0.25) is 0 Å². The zero-order chi connectivity index (χ0) is 13.2. The van der Waals surface area contributed by atoms with E-state index >= 15 is 0 Å². The van der Waals surface area contributed by atoms with E-state index in [1.807, 2.05) is 18.5 Å². The van der Waals surface area contributed by atoms with E-state index in [1.165, 1.54) is 32.1 Å². The maximum absolute atomic E-state index is 5.86. The molecule has 1 fully saturated rings. The van der Waals surface area contributed by atoms with Crippen LogP contribution in [0.5, 0.6) is 0 Å². The largest absolute Gasteiger partial charge is 0.399 e. The molecule has 2 aromatic rings. The highest BCUT2D eigenvalue weighted by Crippen LogP contribution is 2.32. The van der Waals surface area contributed by atoms with Gasteiger partial charge in [0.2, 0.25) is 0 Å². The Morgan fingerprint density at radius 2 is 1.68 bits per heavy atom. The van der Waals surface area contributed by atoms with E-state index in [9.17, 15) is 0 Å². The van der Waals surface area contributed by atoms with Gasteiger partial charge in [0, 0.05) is 23.0 Å². The zero-order valence-corrected chi connectivity index (χ0v) is 10.9. The van der Waals surface area contributed by atoms with Gasteiger partial charge in [-0.1, -0.05) is 19.3 Å². The fourth-order valence-corrected chi connectivity index (χ4v) is 2.88. The van der Waals surface area contributed by atoms with Crippen LogP contribution in [0.2, 0.25) is 0 Å². The van der Waals surface area contributed by atoms with Gasteiger partial charge in [-0.25, -0.2) is 0 Å². The zero-order valence-electron chi connectivity index (χ0n) is 10.9. The minimum Gasteiger partial charge on any atom is -0.399 e. The Bertz CT molecular complexity index is 549. The van der Waals surface area contributed by atoms with E-state index < -0.39 is 0 Å². The van der Waals surface area contributed by atoms with Crippen LogP contribution in [0.15, 0.2) is 24.5 Å². The second kappa shape index (κ2) is 4.91. The summed E-state index contributed by atoms with van der Waals surface area (Å²) in [4.78, 5) is 0. The minimum absolute atomic E-state index is 0.501. The summed E-state index contributed by atoms with van der Waals surface area (Å²) in [6, 6.07) is 6.06. The summed E-state index contributed by atoms with van der Waals surface area (Å²) in [5.74, 6) is 0.867. The lowest BCUT2D eigenvalue weighted by atomic mass is 9.95. The Morgan fingerprint density at radius 3 is 2.37 bits per heavy atom. The van der Waals surface area contributed by atoms with Crippen molar-refractivity contribution in [3.05, 3.63) is 24.5 Å². The first-order valence-corrected chi connectivity index (χ1v) is 6.80. The highest BCUT2D eigenvalue weighted by atomic mass is 15.3. The summed E-state index contributed by atoms with van der Waals surface area (Å²) in [5, 5.41) is 8.31. The maximum atomic E-state index is 5.86. The SMILES string of the molecule is Nc1cc(N)cc(-c2nncn2C2CCCCC2)c1. The molecule has 5 heteroatoms. The van der Waals surface area contributed by atoms with Crippen LogP contribution in [-0.2, 0) is 0 Å². The summed E-state index contributed by atoms with van der Waals surface area (Å²) in [5.41, 5.74) is 14.0. The molecular formula is C14H19N5. The van der Waals surface area contributed by atoms with Crippen molar-refractivity contribution in [2.75, 3.05) is 11.5 Å². The highest BCUT2D eigenvalue weighted by molar-refractivity contribution is 5.68. The number of rotatable bonds is 2. The number of aromatic nitrogens is 3. The van der Waals surface area contributed by atoms with Crippen molar-refractivity contribution in [3.8, 4) is 11.4 Å². The number of hydrogen-bond donors (Lipinski definition) is 2. The molecule has 1 aliphatic rings. The van der Waals surface area contributed by atoms with Crippen LogP contribution in [0.25, 0.3) is 11.4 Å². The average molecular weight is 257 g/mol. The normalized spacial score (nSPS) is 16.6. The molecule has 100 valence electrons. The van der Waals surface area contributed by atoms with Crippen molar-refractivity contribution in [1.82, 2.24) is 14.8 Å². The predicted molar refractivity (Wildman–Crippen MR) is 76.4 cm³/mol. The lowest BCUT2D eigenvalue weighted by Crippen LogP contribution is -2.13. The maximum Gasteiger partial charge on any atom is 0.164 e. The fraction of sp³-hybridized carbons (Fsp3) is 0.429. The Kier molecular flexibility index (Phi) is 3.11. The van der Waals surface area contributed by atoms with Gasteiger partial charge < -0.3 is 16.0 Å². The third-order valence-electron chi connectivity index (χ3n) is 3.78. The quantitative estimate of drug-likeness (QED) is 0.810. The molecule has 0 spiro atoms. The average Bonchev–Trinajstić information content (AvgIpc) is 2.88. The number of anilines is 2. The van der Waals surface area contributed by atoms with Gasteiger partial charge >= 0.3 is 0 Å². The van der Waals surface area contributed by atoms with Crippen LogP contribution in [0, 0.1) is 0 Å². The molecule has 3 rings (SSSR count). The minimum atomic E-state index is 0.501. The van der Waals surface area contributed by atoms with Crippen molar-refractivity contribution in [1.29, 1.82) is 0 Å². The molecule has 0 radical (unpaired) electrons. The Balaban J connectivity index is 1.98. The van der Waals surface area contributed by atoms with Crippen molar-refractivity contribution in [3.63, 3.8) is 0 Å². The van der Waals surface area contributed by atoms with E-state index in [2.05, 4.69) is 14.8 Å². The van der Waals surface area contributed by atoms with E-state index in [0.29, 0.717) is 17.4 Å². The lowest BCUT2D eigenvalue weighted by Gasteiger charge is -2.24. The lowest BCUT2D eigenvalue weighted by molar-refractivity contribution is 0.355. The van der Waals surface area contributed by atoms with E-state index in [-0.39, 0.29) is 0 Å². The summed E-state index contributed by atoms with van der Waals surface area (Å²) >= 11 is 0.